The highest BCUT2D eigenvalue weighted by molar-refractivity contribution is 6.32. The number of rotatable bonds is 1. The summed E-state index contributed by atoms with van der Waals surface area (Å²) >= 11 is 5.81. The van der Waals surface area contributed by atoms with Gasteiger partial charge in [0.05, 0.1) is 11.8 Å². The SMILES string of the molecule is O=C(c1ccoc1Cl)N1CCN2C(=O)CCC2C1. The normalized spacial score (nSPS) is 23.4. The summed E-state index contributed by atoms with van der Waals surface area (Å²) in [6.07, 6.45) is 2.84. The van der Waals surface area contributed by atoms with Crippen molar-refractivity contribution >= 4 is 23.4 Å². The summed E-state index contributed by atoms with van der Waals surface area (Å²) in [5, 5.41) is 0.130. The molecule has 0 spiro atoms. The smallest absolute Gasteiger partial charge is 0.258 e. The van der Waals surface area contributed by atoms with Crippen molar-refractivity contribution in [2.24, 2.45) is 0 Å². The number of hydrogen-bond donors (Lipinski definition) is 0. The highest BCUT2D eigenvalue weighted by Gasteiger charge is 2.37. The molecule has 0 radical (unpaired) electrons. The fraction of sp³-hybridized carbons (Fsp3) is 0.500. The van der Waals surface area contributed by atoms with Crippen molar-refractivity contribution in [2.45, 2.75) is 18.9 Å². The molecule has 2 aliphatic rings. The lowest BCUT2D eigenvalue weighted by Crippen LogP contribution is -2.53. The average molecular weight is 269 g/mol. The van der Waals surface area contributed by atoms with Crippen LogP contribution < -0.4 is 0 Å². The largest absolute Gasteiger partial charge is 0.452 e. The Morgan fingerprint density at radius 2 is 2.28 bits per heavy atom. The molecular weight excluding hydrogens is 256 g/mol. The summed E-state index contributed by atoms with van der Waals surface area (Å²) in [5.41, 5.74) is 0.398. The van der Waals surface area contributed by atoms with Crippen molar-refractivity contribution in [3.8, 4) is 0 Å². The second-order valence-corrected chi connectivity index (χ2v) is 4.98. The number of piperazine rings is 1. The maximum absolute atomic E-state index is 12.2. The van der Waals surface area contributed by atoms with Crippen molar-refractivity contribution < 1.29 is 14.0 Å². The second-order valence-electron chi connectivity index (χ2n) is 4.64. The van der Waals surface area contributed by atoms with E-state index in [0.717, 1.165) is 6.42 Å². The number of halogens is 1. The van der Waals surface area contributed by atoms with Gasteiger partial charge >= 0.3 is 0 Å². The lowest BCUT2D eigenvalue weighted by Gasteiger charge is -2.37. The van der Waals surface area contributed by atoms with Crippen LogP contribution in [0.25, 0.3) is 0 Å². The molecule has 2 amide bonds. The van der Waals surface area contributed by atoms with E-state index in [9.17, 15) is 9.59 Å². The van der Waals surface area contributed by atoms with Crippen molar-refractivity contribution in [1.82, 2.24) is 9.80 Å². The first-order valence-electron chi connectivity index (χ1n) is 5.98. The van der Waals surface area contributed by atoms with Gasteiger partial charge in [0.15, 0.2) is 0 Å². The van der Waals surface area contributed by atoms with E-state index in [1.165, 1.54) is 6.26 Å². The molecule has 2 saturated heterocycles. The Hall–Kier alpha value is -1.49. The minimum absolute atomic E-state index is 0.118. The van der Waals surface area contributed by atoms with E-state index in [1.807, 2.05) is 4.90 Å². The fourth-order valence-corrected chi connectivity index (χ4v) is 2.86. The zero-order valence-corrected chi connectivity index (χ0v) is 10.5. The van der Waals surface area contributed by atoms with Crippen molar-refractivity contribution in [2.75, 3.05) is 19.6 Å². The summed E-state index contributed by atoms with van der Waals surface area (Å²) in [6, 6.07) is 1.75. The molecule has 18 heavy (non-hydrogen) atoms. The third-order valence-electron chi connectivity index (χ3n) is 3.63. The first kappa shape index (κ1) is 11.6. The Balaban J connectivity index is 1.74. The first-order valence-corrected chi connectivity index (χ1v) is 6.36. The van der Waals surface area contributed by atoms with Crippen LogP contribution in [0.3, 0.4) is 0 Å². The standard InChI is InChI=1S/C12H13ClN2O3/c13-11-9(3-6-18-11)12(17)14-4-5-15-8(7-14)1-2-10(15)16/h3,6,8H,1-2,4-5,7H2. The molecule has 0 N–H and O–H groups in total. The predicted octanol–water partition coefficient (Wildman–Crippen LogP) is 1.38. The van der Waals surface area contributed by atoms with Gasteiger partial charge in [-0.3, -0.25) is 9.59 Å². The summed E-state index contributed by atoms with van der Waals surface area (Å²) in [7, 11) is 0. The average Bonchev–Trinajstić information content (AvgIpc) is 2.95. The van der Waals surface area contributed by atoms with Gasteiger partial charge in [-0.2, -0.15) is 0 Å². The molecule has 0 bridgehead atoms. The van der Waals surface area contributed by atoms with E-state index < -0.39 is 0 Å². The highest BCUT2D eigenvalue weighted by Crippen LogP contribution is 2.25. The third-order valence-corrected chi connectivity index (χ3v) is 3.92. The number of carbonyl (C=O) groups is 2. The molecule has 1 unspecified atom stereocenters. The third kappa shape index (κ3) is 1.79. The Morgan fingerprint density at radius 1 is 1.44 bits per heavy atom. The zero-order valence-electron chi connectivity index (χ0n) is 9.76. The molecule has 2 fully saturated rings. The Kier molecular flexibility index (Phi) is 2.78. The monoisotopic (exact) mass is 268 g/mol. The number of hydrogen-bond acceptors (Lipinski definition) is 3. The molecule has 1 aromatic rings. The Bertz CT molecular complexity index is 499. The van der Waals surface area contributed by atoms with Crippen LogP contribution >= 0.6 is 11.6 Å². The fourth-order valence-electron chi connectivity index (χ4n) is 2.67. The number of nitrogens with zero attached hydrogens (tertiary/aromatic N) is 2. The van der Waals surface area contributed by atoms with Gasteiger partial charge in [-0.15, -0.1) is 0 Å². The van der Waals surface area contributed by atoms with E-state index in [2.05, 4.69) is 0 Å². The molecule has 6 heteroatoms. The maximum Gasteiger partial charge on any atom is 0.258 e. The van der Waals surface area contributed by atoms with Gasteiger partial charge in [0, 0.05) is 32.1 Å². The molecule has 1 atom stereocenters. The minimum Gasteiger partial charge on any atom is -0.452 e. The molecule has 1 aromatic heterocycles. The lowest BCUT2D eigenvalue weighted by molar-refractivity contribution is -0.130. The van der Waals surface area contributed by atoms with Gasteiger partial charge in [-0.05, 0) is 24.1 Å². The van der Waals surface area contributed by atoms with Crippen LogP contribution in [0.1, 0.15) is 23.2 Å². The van der Waals surface area contributed by atoms with E-state index in [0.29, 0.717) is 31.6 Å². The summed E-state index contributed by atoms with van der Waals surface area (Å²) in [6.45, 7) is 1.76. The molecule has 0 aromatic carbocycles. The van der Waals surface area contributed by atoms with Gasteiger partial charge in [0.2, 0.25) is 11.1 Å². The van der Waals surface area contributed by atoms with Gasteiger partial charge in [0.25, 0.3) is 5.91 Å². The van der Waals surface area contributed by atoms with E-state index in [-0.39, 0.29) is 23.1 Å². The van der Waals surface area contributed by atoms with Gasteiger partial charge < -0.3 is 14.2 Å². The minimum atomic E-state index is -0.118. The lowest BCUT2D eigenvalue weighted by atomic mass is 10.1. The zero-order chi connectivity index (χ0) is 12.7. The number of furan rings is 1. The quantitative estimate of drug-likeness (QED) is 0.773. The maximum atomic E-state index is 12.2. The first-order chi connectivity index (χ1) is 8.66. The number of amides is 2. The predicted molar refractivity (Wildman–Crippen MR) is 64.4 cm³/mol. The van der Waals surface area contributed by atoms with Crippen LogP contribution in [0.2, 0.25) is 5.22 Å². The van der Waals surface area contributed by atoms with E-state index >= 15 is 0 Å². The number of carbonyl (C=O) groups excluding carboxylic acids is 2. The molecule has 0 aliphatic carbocycles. The number of fused-ring (bicyclic) bond motifs is 1. The van der Waals surface area contributed by atoms with Crippen molar-refractivity contribution in [3.05, 3.63) is 23.1 Å². The van der Waals surface area contributed by atoms with Crippen LogP contribution in [-0.4, -0.2) is 47.3 Å². The highest BCUT2D eigenvalue weighted by atomic mass is 35.5. The summed E-state index contributed by atoms with van der Waals surface area (Å²) in [4.78, 5) is 27.4. The molecule has 3 heterocycles. The summed E-state index contributed by atoms with van der Waals surface area (Å²) < 4.78 is 4.93. The van der Waals surface area contributed by atoms with Crippen molar-refractivity contribution in [1.29, 1.82) is 0 Å². The van der Waals surface area contributed by atoms with Gasteiger partial charge in [0.1, 0.15) is 0 Å². The van der Waals surface area contributed by atoms with Crippen LogP contribution in [0, 0.1) is 0 Å². The van der Waals surface area contributed by atoms with Crippen LogP contribution in [0.15, 0.2) is 16.7 Å². The second kappa shape index (κ2) is 4.31. The van der Waals surface area contributed by atoms with Gasteiger partial charge in [-0.25, -0.2) is 0 Å². The topological polar surface area (TPSA) is 53.8 Å². The molecular formula is C12H13ClN2O3. The molecule has 5 nitrogen and oxygen atoms in total. The molecule has 2 aliphatic heterocycles. The van der Waals surface area contributed by atoms with Crippen LogP contribution in [0.5, 0.6) is 0 Å². The Morgan fingerprint density at radius 3 is 3.00 bits per heavy atom. The van der Waals surface area contributed by atoms with Gasteiger partial charge in [-0.1, -0.05) is 0 Å². The van der Waals surface area contributed by atoms with Crippen molar-refractivity contribution in [3.63, 3.8) is 0 Å². The molecule has 3 rings (SSSR count). The molecule has 0 saturated carbocycles. The van der Waals surface area contributed by atoms with Crippen LogP contribution in [0.4, 0.5) is 0 Å². The van der Waals surface area contributed by atoms with E-state index in [4.69, 9.17) is 16.0 Å². The van der Waals surface area contributed by atoms with E-state index in [1.54, 1.807) is 11.0 Å². The Labute approximate surface area is 109 Å². The molecule has 96 valence electrons. The summed E-state index contributed by atoms with van der Waals surface area (Å²) in [5.74, 6) is 0.0844. The van der Waals surface area contributed by atoms with Crippen LogP contribution in [-0.2, 0) is 4.79 Å².